The molecule has 1 amide bonds. The summed E-state index contributed by atoms with van der Waals surface area (Å²) in [6, 6.07) is 3.29. The third kappa shape index (κ3) is 2.55. The number of aromatic nitrogens is 1. The van der Waals surface area contributed by atoms with Gasteiger partial charge in [0.2, 0.25) is 0 Å². The minimum absolute atomic E-state index is 0.0196. The maximum absolute atomic E-state index is 12.1. The van der Waals surface area contributed by atoms with Crippen molar-refractivity contribution in [1.82, 2.24) is 14.8 Å². The zero-order valence-electron chi connectivity index (χ0n) is 9.98. The van der Waals surface area contributed by atoms with Gasteiger partial charge in [-0.1, -0.05) is 6.92 Å². The third-order valence-electron chi connectivity index (χ3n) is 3.17. The lowest BCUT2D eigenvalue weighted by Gasteiger charge is -2.33. The molecule has 1 saturated heterocycles. The van der Waals surface area contributed by atoms with Gasteiger partial charge in [0, 0.05) is 26.2 Å². The van der Waals surface area contributed by atoms with Crippen molar-refractivity contribution in [2.45, 2.75) is 6.92 Å². The molecule has 1 aromatic heterocycles. The average molecular weight is 235 g/mol. The van der Waals surface area contributed by atoms with Crippen LogP contribution in [0.3, 0.4) is 0 Å². The molecule has 0 radical (unpaired) electrons. The van der Waals surface area contributed by atoms with Crippen LogP contribution in [0.25, 0.3) is 0 Å². The molecule has 0 aliphatic carbocycles. The van der Waals surface area contributed by atoms with E-state index in [1.54, 1.807) is 12.1 Å². The first kappa shape index (κ1) is 11.9. The molecular formula is C12H17N3O2. The molecule has 0 aromatic carbocycles. The van der Waals surface area contributed by atoms with Crippen molar-refractivity contribution in [3.63, 3.8) is 0 Å². The first-order chi connectivity index (χ1) is 8.24. The van der Waals surface area contributed by atoms with E-state index in [2.05, 4.69) is 16.8 Å². The van der Waals surface area contributed by atoms with Crippen LogP contribution < -0.4 is 0 Å². The number of rotatable bonds is 3. The van der Waals surface area contributed by atoms with Crippen molar-refractivity contribution < 1.29 is 9.59 Å². The van der Waals surface area contributed by atoms with Crippen molar-refractivity contribution in [3.05, 3.63) is 23.5 Å². The van der Waals surface area contributed by atoms with Crippen LogP contribution in [0.15, 0.2) is 12.1 Å². The van der Waals surface area contributed by atoms with Crippen molar-refractivity contribution in [2.75, 3.05) is 32.7 Å². The summed E-state index contributed by atoms with van der Waals surface area (Å²) in [5.41, 5.74) is 0.942. The number of likely N-dealkylation sites (N-methyl/N-ethyl adjacent to an activating group) is 1. The number of nitrogens with one attached hydrogen (secondary N) is 1. The van der Waals surface area contributed by atoms with Crippen molar-refractivity contribution in [3.8, 4) is 0 Å². The lowest BCUT2D eigenvalue weighted by Crippen LogP contribution is -2.48. The standard InChI is InChI=1S/C12H17N3O2/c1-2-14-5-7-15(8-6-14)12(17)11-4-3-10(9-16)13-11/h3-4,9,13H,2,5-8H2,1H3. The Hall–Kier alpha value is -1.62. The van der Waals surface area contributed by atoms with E-state index in [0.717, 1.165) is 32.7 Å². The van der Waals surface area contributed by atoms with Gasteiger partial charge in [-0.2, -0.15) is 0 Å². The summed E-state index contributed by atoms with van der Waals surface area (Å²) in [6.07, 6.45) is 0.714. The summed E-state index contributed by atoms with van der Waals surface area (Å²) in [4.78, 5) is 29.6. The van der Waals surface area contributed by atoms with E-state index < -0.39 is 0 Å². The molecule has 1 aliphatic heterocycles. The van der Waals surface area contributed by atoms with Gasteiger partial charge >= 0.3 is 0 Å². The van der Waals surface area contributed by atoms with E-state index in [1.165, 1.54) is 0 Å². The molecule has 1 aromatic rings. The fourth-order valence-corrected chi connectivity index (χ4v) is 2.04. The van der Waals surface area contributed by atoms with Crippen LogP contribution >= 0.6 is 0 Å². The van der Waals surface area contributed by atoms with Crippen LogP contribution in [0, 0.1) is 0 Å². The molecule has 2 rings (SSSR count). The van der Waals surface area contributed by atoms with Crippen LogP contribution in [-0.2, 0) is 0 Å². The number of carbonyl (C=O) groups is 2. The van der Waals surface area contributed by atoms with E-state index in [0.29, 0.717) is 17.7 Å². The number of aldehydes is 1. The van der Waals surface area contributed by atoms with Crippen molar-refractivity contribution in [2.24, 2.45) is 0 Å². The smallest absolute Gasteiger partial charge is 0.270 e. The molecular weight excluding hydrogens is 218 g/mol. The Balaban J connectivity index is 1.99. The summed E-state index contributed by atoms with van der Waals surface area (Å²) < 4.78 is 0. The first-order valence-electron chi connectivity index (χ1n) is 5.90. The number of nitrogens with zero attached hydrogens (tertiary/aromatic N) is 2. The molecule has 5 heteroatoms. The molecule has 17 heavy (non-hydrogen) atoms. The van der Waals surface area contributed by atoms with Gasteiger partial charge in [0.15, 0.2) is 6.29 Å². The van der Waals surface area contributed by atoms with E-state index in [4.69, 9.17) is 0 Å². The largest absolute Gasteiger partial charge is 0.348 e. The van der Waals surface area contributed by atoms with Gasteiger partial charge in [-0.15, -0.1) is 0 Å². The zero-order chi connectivity index (χ0) is 12.3. The Labute approximate surface area is 100 Å². The highest BCUT2D eigenvalue weighted by molar-refractivity contribution is 5.93. The molecule has 0 spiro atoms. The van der Waals surface area contributed by atoms with Crippen LogP contribution in [0.5, 0.6) is 0 Å². The summed E-state index contributed by atoms with van der Waals surface area (Å²) in [7, 11) is 0. The molecule has 1 aliphatic rings. The Morgan fingerprint density at radius 3 is 2.59 bits per heavy atom. The minimum Gasteiger partial charge on any atom is -0.348 e. The Bertz CT molecular complexity index is 406. The molecule has 1 fully saturated rings. The Kier molecular flexibility index (Phi) is 3.58. The number of carbonyl (C=O) groups excluding carboxylic acids is 2. The van der Waals surface area contributed by atoms with Crippen molar-refractivity contribution in [1.29, 1.82) is 0 Å². The van der Waals surface area contributed by atoms with Crippen molar-refractivity contribution >= 4 is 12.2 Å². The quantitative estimate of drug-likeness (QED) is 0.781. The second kappa shape index (κ2) is 5.14. The van der Waals surface area contributed by atoms with Gasteiger partial charge in [-0.05, 0) is 18.7 Å². The fourth-order valence-electron chi connectivity index (χ4n) is 2.04. The lowest BCUT2D eigenvalue weighted by molar-refractivity contribution is 0.0638. The molecule has 92 valence electrons. The fraction of sp³-hybridized carbons (Fsp3) is 0.500. The number of aromatic amines is 1. The molecule has 0 atom stereocenters. The van der Waals surface area contributed by atoms with Crippen LogP contribution in [0.4, 0.5) is 0 Å². The highest BCUT2D eigenvalue weighted by Gasteiger charge is 2.21. The molecule has 5 nitrogen and oxygen atoms in total. The maximum Gasteiger partial charge on any atom is 0.270 e. The molecule has 0 saturated carbocycles. The number of H-pyrrole nitrogens is 1. The zero-order valence-corrected chi connectivity index (χ0v) is 9.98. The molecule has 0 bridgehead atoms. The Morgan fingerprint density at radius 2 is 2.06 bits per heavy atom. The molecule has 1 N–H and O–H groups in total. The highest BCUT2D eigenvalue weighted by Crippen LogP contribution is 2.08. The van der Waals surface area contributed by atoms with Gasteiger partial charge < -0.3 is 14.8 Å². The normalized spacial score (nSPS) is 17.1. The van der Waals surface area contributed by atoms with Gasteiger partial charge in [-0.3, -0.25) is 9.59 Å². The van der Waals surface area contributed by atoms with Crippen LogP contribution in [-0.4, -0.2) is 59.7 Å². The van der Waals surface area contributed by atoms with Gasteiger partial charge in [-0.25, -0.2) is 0 Å². The maximum atomic E-state index is 12.1. The number of piperazine rings is 1. The second-order valence-corrected chi connectivity index (χ2v) is 4.17. The highest BCUT2D eigenvalue weighted by atomic mass is 16.2. The van der Waals surface area contributed by atoms with Crippen LogP contribution in [0.2, 0.25) is 0 Å². The van der Waals surface area contributed by atoms with Crippen LogP contribution in [0.1, 0.15) is 27.9 Å². The number of amides is 1. The number of hydrogen-bond donors (Lipinski definition) is 1. The van der Waals surface area contributed by atoms with E-state index in [1.807, 2.05) is 4.90 Å². The summed E-state index contributed by atoms with van der Waals surface area (Å²) in [5, 5.41) is 0. The summed E-state index contributed by atoms with van der Waals surface area (Å²) >= 11 is 0. The number of hydrogen-bond acceptors (Lipinski definition) is 3. The summed E-state index contributed by atoms with van der Waals surface area (Å²) in [5.74, 6) is -0.0196. The monoisotopic (exact) mass is 235 g/mol. The second-order valence-electron chi connectivity index (χ2n) is 4.17. The lowest BCUT2D eigenvalue weighted by atomic mass is 10.3. The first-order valence-corrected chi connectivity index (χ1v) is 5.90. The third-order valence-corrected chi connectivity index (χ3v) is 3.17. The van der Waals surface area contributed by atoms with Gasteiger partial charge in [0.05, 0.1) is 5.69 Å². The minimum atomic E-state index is -0.0196. The van der Waals surface area contributed by atoms with E-state index in [-0.39, 0.29) is 5.91 Å². The van der Waals surface area contributed by atoms with Gasteiger partial charge in [0.25, 0.3) is 5.91 Å². The predicted molar refractivity (Wildman–Crippen MR) is 64.2 cm³/mol. The predicted octanol–water partition coefficient (Wildman–Crippen LogP) is 0.605. The van der Waals surface area contributed by atoms with E-state index >= 15 is 0 Å². The van der Waals surface area contributed by atoms with E-state index in [9.17, 15) is 9.59 Å². The Morgan fingerprint density at radius 1 is 1.35 bits per heavy atom. The molecule has 2 heterocycles. The molecule has 0 unspecified atom stereocenters. The topological polar surface area (TPSA) is 56.4 Å². The SMILES string of the molecule is CCN1CCN(C(=O)c2ccc(C=O)[nH]2)CC1. The summed E-state index contributed by atoms with van der Waals surface area (Å²) in [6.45, 7) is 6.50. The van der Waals surface area contributed by atoms with Gasteiger partial charge in [0.1, 0.15) is 5.69 Å². The average Bonchev–Trinajstić information content (AvgIpc) is 2.87.